The molecule has 0 fully saturated rings. The largest absolute Gasteiger partial charge is 0.493 e. The van der Waals surface area contributed by atoms with Crippen LogP contribution in [-0.4, -0.2) is 14.2 Å². The van der Waals surface area contributed by atoms with Crippen molar-refractivity contribution < 1.29 is 9.47 Å². The van der Waals surface area contributed by atoms with Crippen molar-refractivity contribution in [3.8, 4) is 11.5 Å². The fourth-order valence-corrected chi connectivity index (χ4v) is 2.92. The molecule has 1 atom stereocenters. The monoisotopic (exact) mass is 320 g/mol. The molecule has 96 valence electrons. The number of hydrogen-bond acceptors (Lipinski definition) is 2. The van der Waals surface area contributed by atoms with E-state index in [0.717, 1.165) is 16.5 Å². The Morgan fingerprint density at radius 2 is 1.71 bits per heavy atom. The van der Waals surface area contributed by atoms with E-state index in [1.54, 1.807) is 14.2 Å². The second kappa shape index (κ2) is 6.50. The molecule has 0 N–H and O–H groups in total. The van der Waals surface area contributed by atoms with Crippen molar-refractivity contribution in [1.29, 1.82) is 0 Å². The van der Waals surface area contributed by atoms with Gasteiger partial charge in [0.05, 0.1) is 19.6 Å². The summed E-state index contributed by atoms with van der Waals surface area (Å²) in [6, 6.07) is 3.83. The highest BCUT2D eigenvalue weighted by Crippen LogP contribution is 2.39. The maximum atomic E-state index is 6.40. The van der Waals surface area contributed by atoms with Crippen molar-refractivity contribution >= 4 is 27.5 Å². The lowest BCUT2D eigenvalue weighted by Crippen LogP contribution is -1.99. The van der Waals surface area contributed by atoms with E-state index < -0.39 is 0 Å². The second-order valence-electron chi connectivity index (χ2n) is 4.33. The fourth-order valence-electron chi connectivity index (χ4n) is 1.65. The lowest BCUT2D eigenvalue weighted by Gasteiger charge is -2.17. The van der Waals surface area contributed by atoms with Crippen LogP contribution in [0.15, 0.2) is 16.6 Å². The Morgan fingerprint density at radius 3 is 2.18 bits per heavy atom. The van der Waals surface area contributed by atoms with Crippen molar-refractivity contribution in [2.75, 3.05) is 14.2 Å². The summed E-state index contributed by atoms with van der Waals surface area (Å²) in [5.41, 5.74) is 1.04. The molecule has 0 radical (unpaired) electrons. The summed E-state index contributed by atoms with van der Waals surface area (Å²) in [5, 5.41) is -0.0239. The molecule has 0 aliphatic carbocycles. The zero-order valence-electron chi connectivity index (χ0n) is 10.6. The molecule has 1 rings (SSSR count). The van der Waals surface area contributed by atoms with Crippen molar-refractivity contribution in [1.82, 2.24) is 0 Å². The maximum Gasteiger partial charge on any atom is 0.161 e. The maximum absolute atomic E-state index is 6.40. The lowest BCUT2D eigenvalue weighted by molar-refractivity contribution is 0.354. The first-order valence-electron chi connectivity index (χ1n) is 5.55. The first-order valence-corrected chi connectivity index (χ1v) is 6.78. The highest BCUT2D eigenvalue weighted by molar-refractivity contribution is 9.10. The van der Waals surface area contributed by atoms with Gasteiger partial charge in [-0.15, -0.1) is 11.6 Å². The lowest BCUT2D eigenvalue weighted by atomic mass is 10.0. The third-order valence-electron chi connectivity index (χ3n) is 2.52. The quantitative estimate of drug-likeness (QED) is 0.726. The van der Waals surface area contributed by atoms with Crippen LogP contribution in [0.2, 0.25) is 0 Å². The molecule has 2 nitrogen and oxygen atoms in total. The van der Waals surface area contributed by atoms with E-state index in [0.29, 0.717) is 17.4 Å². The standard InChI is InChI=1S/C13H18BrClO2/c1-8(2)5-11(15)9-6-12(16-3)13(17-4)7-10(9)14/h6-8,11H,5H2,1-4H3. The SMILES string of the molecule is COc1cc(Br)c(C(Cl)CC(C)C)cc1OC. The van der Waals surface area contributed by atoms with E-state index in [1.165, 1.54) is 0 Å². The van der Waals surface area contributed by atoms with Crippen LogP contribution in [0.4, 0.5) is 0 Å². The van der Waals surface area contributed by atoms with Gasteiger partial charge in [-0.1, -0.05) is 29.8 Å². The van der Waals surface area contributed by atoms with Crippen LogP contribution < -0.4 is 9.47 Å². The summed E-state index contributed by atoms with van der Waals surface area (Å²) in [7, 11) is 3.25. The summed E-state index contributed by atoms with van der Waals surface area (Å²) in [6.07, 6.45) is 0.926. The number of methoxy groups -OCH3 is 2. The first kappa shape index (κ1) is 14.7. The predicted molar refractivity (Wildman–Crippen MR) is 75.3 cm³/mol. The molecule has 0 spiro atoms. The van der Waals surface area contributed by atoms with Crippen LogP contribution in [0, 0.1) is 5.92 Å². The molecule has 0 heterocycles. The van der Waals surface area contributed by atoms with Gasteiger partial charge in [0.2, 0.25) is 0 Å². The highest BCUT2D eigenvalue weighted by atomic mass is 79.9. The molecule has 17 heavy (non-hydrogen) atoms. The number of alkyl halides is 1. The average Bonchev–Trinajstić information content (AvgIpc) is 2.27. The Kier molecular flexibility index (Phi) is 5.60. The Hall–Kier alpha value is -0.410. The number of rotatable bonds is 5. The van der Waals surface area contributed by atoms with Crippen molar-refractivity contribution in [2.45, 2.75) is 25.6 Å². The van der Waals surface area contributed by atoms with Crippen LogP contribution in [0.5, 0.6) is 11.5 Å². The van der Waals surface area contributed by atoms with Crippen LogP contribution in [0.1, 0.15) is 31.2 Å². The minimum atomic E-state index is -0.0239. The van der Waals surface area contributed by atoms with Gasteiger partial charge in [0.25, 0.3) is 0 Å². The van der Waals surface area contributed by atoms with E-state index >= 15 is 0 Å². The Labute approximate surface area is 116 Å². The molecule has 0 saturated heterocycles. The van der Waals surface area contributed by atoms with Crippen LogP contribution in [-0.2, 0) is 0 Å². The van der Waals surface area contributed by atoms with Crippen molar-refractivity contribution in [2.24, 2.45) is 5.92 Å². The van der Waals surface area contributed by atoms with Gasteiger partial charge in [0.1, 0.15) is 0 Å². The molecule has 0 aliphatic rings. The average molecular weight is 322 g/mol. The normalized spacial score (nSPS) is 12.6. The summed E-state index contributed by atoms with van der Waals surface area (Å²) < 4.78 is 11.5. The van der Waals surface area contributed by atoms with Gasteiger partial charge in [-0.25, -0.2) is 0 Å². The zero-order valence-corrected chi connectivity index (χ0v) is 12.9. The van der Waals surface area contributed by atoms with Gasteiger partial charge in [0, 0.05) is 4.47 Å². The Morgan fingerprint density at radius 1 is 1.18 bits per heavy atom. The van der Waals surface area contributed by atoms with E-state index in [1.807, 2.05) is 12.1 Å². The molecule has 1 aromatic carbocycles. The minimum absolute atomic E-state index is 0.0239. The van der Waals surface area contributed by atoms with Crippen LogP contribution >= 0.6 is 27.5 Å². The van der Waals surface area contributed by atoms with E-state index in [2.05, 4.69) is 29.8 Å². The summed E-state index contributed by atoms with van der Waals surface area (Å²) in [5.74, 6) is 1.97. The smallest absolute Gasteiger partial charge is 0.161 e. The minimum Gasteiger partial charge on any atom is -0.493 e. The van der Waals surface area contributed by atoms with Gasteiger partial charge >= 0.3 is 0 Å². The topological polar surface area (TPSA) is 18.5 Å². The van der Waals surface area contributed by atoms with E-state index in [-0.39, 0.29) is 5.38 Å². The number of ether oxygens (including phenoxy) is 2. The third-order valence-corrected chi connectivity index (χ3v) is 3.62. The molecule has 4 heteroatoms. The van der Waals surface area contributed by atoms with E-state index in [4.69, 9.17) is 21.1 Å². The molecule has 1 unspecified atom stereocenters. The second-order valence-corrected chi connectivity index (χ2v) is 5.71. The molecule has 0 bridgehead atoms. The molecule has 0 aromatic heterocycles. The number of halogens is 2. The van der Waals surface area contributed by atoms with Crippen LogP contribution in [0.25, 0.3) is 0 Å². The molecule has 0 saturated carbocycles. The molecular weight excluding hydrogens is 303 g/mol. The van der Waals surface area contributed by atoms with Gasteiger partial charge in [-0.05, 0) is 30.0 Å². The number of benzene rings is 1. The molecule has 0 amide bonds. The first-order chi connectivity index (χ1) is 7.99. The molecule has 1 aromatic rings. The van der Waals surface area contributed by atoms with Gasteiger partial charge in [-0.3, -0.25) is 0 Å². The highest BCUT2D eigenvalue weighted by Gasteiger charge is 2.17. The number of hydrogen-bond donors (Lipinski definition) is 0. The van der Waals surface area contributed by atoms with E-state index in [9.17, 15) is 0 Å². The predicted octanol–water partition coefficient (Wildman–Crippen LogP) is 4.79. The summed E-state index contributed by atoms with van der Waals surface area (Å²) in [4.78, 5) is 0. The van der Waals surface area contributed by atoms with Gasteiger partial charge in [-0.2, -0.15) is 0 Å². The third kappa shape index (κ3) is 3.78. The van der Waals surface area contributed by atoms with Crippen molar-refractivity contribution in [3.05, 3.63) is 22.2 Å². The Bertz CT molecular complexity index is 380. The summed E-state index contributed by atoms with van der Waals surface area (Å²) in [6.45, 7) is 4.31. The fraction of sp³-hybridized carbons (Fsp3) is 0.538. The van der Waals surface area contributed by atoms with Crippen LogP contribution in [0.3, 0.4) is 0 Å². The van der Waals surface area contributed by atoms with Crippen molar-refractivity contribution in [3.63, 3.8) is 0 Å². The Balaban J connectivity index is 3.07. The van der Waals surface area contributed by atoms with Gasteiger partial charge < -0.3 is 9.47 Å². The molecule has 0 aliphatic heterocycles. The van der Waals surface area contributed by atoms with Gasteiger partial charge in [0.15, 0.2) is 11.5 Å². The summed E-state index contributed by atoms with van der Waals surface area (Å²) >= 11 is 9.93. The zero-order chi connectivity index (χ0) is 13.0. The molecular formula is C13H18BrClO2.